The van der Waals surface area contributed by atoms with Gasteiger partial charge >= 0.3 is 0 Å². The molecule has 8 heteroatoms. The molecule has 1 aromatic heterocycles. The van der Waals surface area contributed by atoms with Gasteiger partial charge in [-0.15, -0.1) is 0 Å². The van der Waals surface area contributed by atoms with E-state index in [2.05, 4.69) is 15.5 Å². The first-order chi connectivity index (χ1) is 13.6. The van der Waals surface area contributed by atoms with Crippen molar-refractivity contribution in [2.24, 2.45) is 0 Å². The van der Waals surface area contributed by atoms with Crippen LogP contribution in [0.4, 0.5) is 4.39 Å². The van der Waals surface area contributed by atoms with Crippen molar-refractivity contribution in [3.8, 4) is 0 Å². The van der Waals surface area contributed by atoms with Crippen LogP contribution in [-0.2, 0) is 9.53 Å². The smallest absolute Gasteiger partial charge is 0.252 e. The van der Waals surface area contributed by atoms with E-state index in [-0.39, 0.29) is 36.6 Å². The summed E-state index contributed by atoms with van der Waals surface area (Å²) in [5.41, 5.74) is 1.43. The predicted molar refractivity (Wildman–Crippen MR) is 106 cm³/mol. The average molecular weight is 405 g/mol. The highest BCUT2D eigenvalue weighted by Crippen LogP contribution is 2.22. The van der Waals surface area contributed by atoms with E-state index >= 15 is 0 Å². The molecule has 1 fully saturated rings. The molecule has 0 aliphatic carbocycles. The Labute approximate surface area is 167 Å². The molecular formula is C20H24FN3O3S. The minimum atomic E-state index is -0.293. The number of rotatable bonds is 8. The maximum Gasteiger partial charge on any atom is 0.252 e. The van der Waals surface area contributed by atoms with Gasteiger partial charge in [0, 0.05) is 43.5 Å². The average Bonchev–Trinajstić information content (AvgIpc) is 3.24. The first-order valence-corrected chi connectivity index (χ1v) is 10.2. The summed E-state index contributed by atoms with van der Waals surface area (Å²) in [6.07, 6.45) is 0.189. The topological polar surface area (TPSA) is 70.7 Å². The van der Waals surface area contributed by atoms with Crippen LogP contribution in [0.15, 0.2) is 41.1 Å². The number of thiophene rings is 1. The van der Waals surface area contributed by atoms with Crippen LogP contribution >= 0.6 is 11.3 Å². The summed E-state index contributed by atoms with van der Waals surface area (Å²) in [7, 11) is 0. The fourth-order valence-electron chi connectivity index (χ4n) is 3.14. The largest absolute Gasteiger partial charge is 0.379 e. The van der Waals surface area contributed by atoms with Gasteiger partial charge in [-0.25, -0.2) is 4.39 Å². The molecule has 2 amide bonds. The molecule has 1 aliphatic heterocycles. The molecule has 1 aliphatic rings. The summed E-state index contributed by atoms with van der Waals surface area (Å²) >= 11 is 1.45. The van der Waals surface area contributed by atoms with Gasteiger partial charge in [-0.1, -0.05) is 12.1 Å². The van der Waals surface area contributed by atoms with Crippen LogP contribution in [0.5, 0.6) is 0 Å². The Morgan fingerprint density at radius 2 is 2.04 bits per heavy atom. The Morgan fingerprint density at radius 3 is 2.75 bits per heavy atom. The highest BCUT2D eigenvalue weighted by Gasteiger charge is 2.23. The summed E-state index contributed by atoms with van der Waals surface area (Å²) in [6, 6.07) is 8.09. The normalized spacial score (nSPS) is 15.8. The first kappa shape index (κ1) is 20.4. The molecule has 1 atom stereocenters. The molecule has 0 bridgehead atoms. The van der Waals surface area contributed by atoms with Gasteiger partial charge in [0.1, 0.15) is 5.82 Å². The predicted octanol–water partition coefficient (Wildman–Crippen LogP) is 2.20. The molecule has 0 radical (unpaired) electrons. The van der Waals surface area contributed by atoms with Crippen molar-refractivity contribution in [2.45, 2.75) is 12.5 Å². The number of hydrogen-bond acceptors (Lipinski definition) is 5. The minimum Gasteiger partial charge on any atom is -0.379 e. The molecule has 2 N–H and O–H groups in total. The van der Waals surface area contributed by atoms with Crippen molar-refractivity contribution in [1.82, 2.24) is 15.5 Å². The number of amides is 2. The van der Waals surface area contributed by atoms with Crippen molar-refractivity contribution in [3.05, 3.63) is 58.0 Å². The lowest BCUT2D eigenvalue weighted by atomic mass is 10.0. The SMILES string of the molecule is O=C(CCNC(=O)c1ccsc1)NCC(c1cccc(F)c1)N1CCOCC1. The molecule has 0 spiro atoms. The number of ether oxygens (including phenoxy) is 1. The molecule has 2 aromatic rings. The summed E-state index contributed by atoms with van der Waals surface area (Å²) < 4.78 is 19.1. The fourth-order valence-corrected chi connectivity index (χ4v) is 3.78. The lowest BCUT2D eigenvalue weighted by Crippen LogP contribution is -2.44. The molecule has 0 saturated carbocycles. The Balaban J connectivity index is 1.51. The molecule has 1 saturated heterocycles. The maximum absolute atomic E-state index is 13.7. The lowest BCUT2D eigenvalue weighted by Gasteiger charge is -2.35. The van der Waals surface area contributed by atoms with Crippen molar-refractivity contribution in [3.63, 3.8) is 0 Å². The number of nitrogens with zero attached hydrogens (tertiary/aromatic N) is 1. The van der Waals surface area contributed by atoms with E-state index < -0.39 is 0 Å². The molecular weight excluding hydrogens is 381 g/mol. The van der Waals surface area contributed by atoms with E-state index in [1.54, 1.807) is 17.5 Å². The van der Waals surface area contributed by atoms with Gasteiger partial charge in [0.2, 0.25) is 5.91 Å². The highest BCUT2D eigenvalue weighted by molar-refractivity contribution is 7.08. The second kappa shape index (κ2) is 10.3. The number of halogens is 1. The second-order valence-electron chi connectivity index (χ2n) is 6.54. The van der Waals surface area contributed by atoms with Crippen LogP contribution < -0.4 is 10.6 Å². The van der Waals surface area contributed by atoms with Gasteiger partial charge < -0.3 is 15.4 Å². The van der Waals surface area contributed by atoms with E-state index in [0.29, 0.717) is 25.3 Å². The van der Waals surface area contributed by atoms with Crippen LogP contribution in [0.3, 0.4) is 0 Å². The highest BCUT2D eigenvalue weighted by atomic mass is 32.1. The summed E-state index contributed by atoms with van der Waals surface area (Å²) in [4.78, 5) is 26.3. The zero-order chi connectivity index (χ0) is 19.8. The van der Waals surface area contributed by atoms with Crippen LogP contribution in [0.1, 0.15) is 28.4 Å². The molecule has 150 valence electrons. The minimum absolute atomic E-state index is 0.121. The Hall–Kier alpha value is -2.29. The van der Waals surface area contributed by atoms with Gasteiger partial charge in [-0.05, 0) is 29.1 Å². The summed E-state index contributed by atoms with van der Waals surface area (Å²) in [5.74, 6) is -0.626. The Morgan fingerprint density at radius 1 is 1.21 bits per heavy atom. The van der Waals surface area contributed by atoms with Crippen LogP contribution in [0, 0.1) is 5.82 Å². The van der Waals surface area contributed by atoms with Crippen molar-refractivity contribution < 1.29 is 18.7 Å². The standard InChI is InChI=1S/C20H24FN3O3S/c21-17-3-1-2-15(12-17)18(24-7-9-27-10-8-24)13-23-19(25)4-6-22-20(26)16-5-11-28-14-16/h1-3,5,11-12,14,18H,4,6-10,13H2,(H,22,26)(H,23,25). The third kappa shape index (κ3) is 5.85. The number of carbonyl (C=O) groups is 2. The third-order valence-corrected chi connectivity index (χ3v) is 5.32. The number of carbonyl (C=O) groups excluding carboxylic acids is 2. The molecule has 2 heterocycles. The third-order valence-electron chi connectivity index (χ3n) is 4.63. The van der Waals surface area contributed by atoms with Crippen molar-refractivity contribution >= 4 is 23.2 Å². The van der Waals surface area contributed by atoms with Crippen LogP contribution in [0.25, 0.3) is 0 Å². The molecule has 6 nitrogen and oxygen atoms in total. The van der Waals surface area contributed by atoms with E-state index in [4.69, 9.17) is 4.74 Å². The maximum atomic E-state index is 13.7. The lowest BCUT2D eigenvalue weighted by molar-refractivity contribution is -0.121. The van der Waals surface area contributed by atoms with E-state index in [9.17, 15) is 14.0 Å². The summed E-state index contributed by atoms with van der Waals surface area (Å²) in [5, 5.41) is 9.25. The van der Waals surface area contributed by atoms with Crippen molar-refractivity contribution in [2.75, 3.05) is 39.4 Å². The van der Waals surface area contributed by atoms with E-state index in [1.807, 2.05) is 11.4 Å². The number of morpholine rings is 1. The van der Waals surface area contributed by atoms with Gasteiger partial charge in [-0.3, -0.25) is 14.5 Å². The molecule has 3 rings (SSSR count). The van der Waals surface area contributed by atoms with Gasteiger partial charge in [0.15, 0.2) is 0 Å². The van der Waals surface area contributed by atoms with Crippen LogP contribution in [-0.4, -0.2) is 56.1 Å². The Bertz CT molecular complexity index is 779. The van der Waals surface area contributed by atoms with Gasteiger partial charge in [0.25, 0.3) is 5.91 Å². The number of nitrogens with one attached hydrogen (secondary N) is 2. The zero-order valence-corrected chi connectivity index (χ0v) is 16.3. The molecule has 1 aromatic carbocycles. The van der Waals surface area contributed by atoms with Crippen molar-refractivity contribution in [1.29, 1.82) is 0 Å². The van der Waals surface area contributed by atoms with E-state index in [0.717, 1.165) is 18.7 Å². The van der Waals surface area contributed by atoms with Gasteiger partial charge in [0.05, 0.1) is 19.3 Å². The fraction of sp³-hybridized carbons (Fsp3) is 0.400. The number of hydrogen-bond donors (Lipinski definition) is 2. The quantitative estimate of drug-likeness (QED) is 0.706. The summed E-state index contributed by atoms with van der Waals surface area (Å²) in [6.45, 7) is 3.34. The van der Waals surface area contributed by atoms with Gasteiger partial charge in [-0.2, -0.15) is 11.3 Å². The van der Waals surface area contributed by atoms with E-state index in [1.165, 1.54) is 23.5 Å². The zero-order valence-electron chi connectivity index (χ0n) is 15.5. The monoisotopic (exact) mass is 405 g/mol. The van der Waals surface area contributed by atoms with Crippen LogP contribution in [0.2, 0.25) is 0 Å². The number of benzene rings is 1. The molecule has 28 heavy (non-hydrogen) atoms. The second-order valence-corrected chi connectivity index (χ2v) is 7.32. The molecule has 1 unspecified atom stereocenters. The Kier molecular flexibility index (Phi) is 7.53. The first-order valence-electron chi connectivity index (χ1n) is 9.28.